The van der Waals surface area contributed by atoms with Crippen LogP contribution >= 0.6 is 11.8 Å². The number of carboxylic acid groups (broad SMARTS) is 1. The van der Waals surface area contributed by atoms with E-state index in [1.807, 2.05) is 0 Å². The largest absolute Gasteiger partial charge is 0.478 e. The first-order valence-electron chi connectivity index (χ1n) is 10.8. The summed E-state index contributed by atoms with van der Waals surface area (Å²) in [6.45, 7) is 2.07. The number of aromatic nitrogens is 2. The van der Waals surface area contributed by atoms with Crippen LogP contribution in [0.2, 0.25) is 0 Å². The van der Waals surface area contributed by atoms with Crippen LogP contribution in [0.5, 0.6) is 0 Å². The predicted molar refractivity (Wildman–Crippen MR) is 129 cm³/mol. The maximum absolute atomic E-state index is 14.7. The van der Waals surface area contributed by atoms with E-state index >= 15 is 0 Å². The number of carboxylic acids is 1. The maximum Gasteiger partial charge on any atom is 0.335 e. The maximum atomic E-state index is 14.7. The minimum atomic E-state index is -3.19. The third-order valence-corrected chi connectivity index (χ3v) is 8.49. The number of carbonyl (C=O) groups is 2. The number of sulfone groups is 1. The van der Waals surface area contributed by atoms with Gasteiger partial charge in [-0.1, -0.05) is 23.9 Å². The van der Waals surface area contributed by atoms with Gasteiger partial charge in [0.15, 0.2) is 15.0 Å². The Kier molecular flexibility index (Phi) is 6.95. The van der Waals surface area contributed by atoms with Crippen molar-refractivity contribution >= 4 is 44.4 Å². The van der Waals surface area contributed by atoms with E-state index in [1.54, 1.807) is 13.0 Å². The van der Waals surface area contributed by atoms with Crippen molar-refractivity contribution in [2.24, 2.45) is 0 Å². The number of carbonyl (C=O) groups excluding carboxylic acids is 1. The van der Waals surface area contributed by atoms with Gasteiger partial charge >= 0.3 is 5.97 Å². The summed E-state index contributed by atoms with van der Waals surface area (Å²) in [5, 5.41) is 9.41. The lowest BCUT2D eigenvalue weighted by Crippen LogP contribution is -2.42. The van der Waals surface area contributed by atoms with Gasteiger partial charge in [-0.25, -0.2) is 22.6 Å². The molecule has 1 aliphatic heterocycles. The Labute approximate surface area is 204 Å². The summed E-state index contributed by atoms with van der Waals surface area (Å²) in [6, 6.07) is 9.05. The number of hydrogen-bond donors (Lipinski definition) is 1. The lowest BCUT2D eigenvalue weighted by molar-refractivity contribution is -0.129. The summed E-state index contributed by atoms with van der Waals surface area (Å²) in [7, 11) is -3.19. The molecular weight excluding hydrogens is 497 g/mol. The molecule has 1 aliphatic rings. The molecule has 2 heterocycles. The molecule has 0 spiro atoms. The number of amides is 1. The quantitative estimate of drug-likeness (QED) is 0.372. The summed E-state index contributed by atoms with van der Waals surface area (Å²) < 4.78 is 39.5. The summed E-state index contributed by atoms with van der Waals surface area (Å²) in [5.74, 6) is -2.44. The fraction of sp³-hybridized carbons (Fsp3) is 0.304. The molecule has 4 rings (SSSR count). The van der Waals surface area contributed by atoms with E-state index in [4.69, 9.17) is 0 Å². The fourth-order valence-electron chi connectivity index (χ4n) is 4.11. The van der Waals surface area contributed by atoms with Gasteiger partial charge in [0.1, 0.15) is 5.82 Å². The number of para-hydroxylation sites is 1. The zero-order valence-corrected chi connectivity index (χ0v) is 20.3. The van der Waals surface area contributed by atoms with E-state index in [-0.39, 0.29) is 50.5 Å². The van der Waals surface area contributed by atoms with Crippen LogP contribution in [0, 0.1) is 5.82 Å². The molecule has 0 unspecified atom stereocenters. The molecule has 0 bridgehead atoms. The highest BCUT2D eigenvalue weighted by Gasteiger charge is 2.34. The summed E-state index contributed by atoms with van der Waals surface area (Å²) in [6.07, 6.45) is 0.360. The van der Waals surface area contributed by atoms with Crippen molar-refractivity contribution in [2.45, 2.75) is 24.5 Å². The highest BCUT2D eigenvalue weighted by atomic mass is 32.2. The smallest absolute Gasteiger partial charge is 0.335 e. The van der Waals surface area contributed by atoms with Crippen LogP contribution in [0.1, 0.15) is 23.7 Å². The Morgan fingerprint density at radius 1 is 1.26 bits per heavy atom. The first-order chi connectivity index (χ1) is 16.6. The second-order valence-electron chi connectivity index (χ2n) is 8.05. The van der Waals surface area contributed by atoms with Crippen molar-refractivity contribution in [1.82, 2.24) is 14.5 Å². The molecule has 35 heavy (non-hydrogen) atoms. The molecule has 12 heteroatoms. The van der Waals surface area contributed by atoms with Crippen LogP contribution in [0.3, 0.4) is 0 Å². The molecule has 1 saturated heterocycles. The number of rotatable bonds is 7. The predicted octanol–water partition coefficient (Wildman–Crippen LogP) is 2.35. The third-order valence-electron chi connectivity index (χ3n) is 5.81. The van der Waals surface area contributed by atoms with Crippen LogP contribution in [-0.4, -0.2) is 69.7 Å². The van der Waals surface area contributed by atoms with E-state index in [0.717, 1.165) is 16.3 Å². The van der Waals surface area contributed by atoms with E-state index in [1.165, 1.54) is 41.3 Å². The van der Waals surface area contributed by atoms with Crippen LogP contribution in [-0.2, 0) is 14.6 Å². The van der Waals surface area contributed by atoms with Gasteiger partial charge in [-0.05, 0) is 43.7 Å². The molecule has 3 aromatic rings. The summed E-state index contributed by atoms with van der Waals surface area (Å²) in [5.41, 5.74) is -0.633. The topological polar surface area (TPSA) is 127 Å². The molecule has 9 nitrogen and oxygen atoms in total. The van der Waals surface area contributed by atoms with Crippen molar-refractivity contribution in [3.63, 3.8) is 0 Å². The SMILES string of the molecule is CCN(C(=O)CSc1nc2cc(C(=O)O)ccc2c(=O)n1-c1ccccc1F)[C@@H]1CCS(=O)(=O)C1. The Bertz CT molecular complexity index is 1490. The van der Waals surface area contributed by atoms with Gasteiger partial charge in [-0.3, -0.25) is 14.2 Å². The number of fused-ring (bicyclic) bond motifs is 1. The first-order valence-corrected chi connectivity index (χ1v) is 13.6. The van der Waals surface area contributed by atoms with Gasteiger partial charge in [-0.2, -0.15) is 0 Å². The Hall–Kier alpha value is -3.25. The molecular formula is C23H22FN3O6S2. The van der Waals surface area contributed by atoms with Crippen molar-refractivity contribution in [3.8, 4) is 5.69 Å². The second-order valence-corrected chi connectivity index (χ2v) is 11.2. The number of benzene rings is 2. The number of nitrogens with zero attached hydrogens (tertiary/aromatic N) is 3. The van der Waals surface area contributed by atoms with Gasteiger partial charge in [-0.15, -0.1) is 0 Å². The Balaban J connectivity index is 1.74. The highest BCUT2D eigenvalue weighted by Crippen LogP contribution is 2.25. The van der Waals surface area contributed by atoms with Crippen LogP contribution < -0.4 is 5.56 Å². The second kappa shape index (κ2) is 9.78. The highest BCUT2D eigenvalue weighted by molar-refractivity contribution is 7.99. The summed E-state index contributed by atoms with van der Waals surface area (Å²) in [4.78, 5) is 43.6. The fourth-order valence-corrected chi connectivity index (χ4v) is 6.73. The zero-order valence-electron chi connectivity index (χ0n) is 18.7. The average Bonchev–Trinajstić information content (AvgIpc) is 3.17. The van der Waals surface area contributed by atoms with E-state index in [2.05, 4.69) is 4.98 Å². The molecule has 0 saturated carbocycles. The third kappa shape index (κ3) is 5.08. The zero-order chi connectivity index (χ0) is 25.3. The summed E-state index contributed by atoms with van der Waals surface area (Å²) >= 11 is 0.901. The molecule has 184 valence electrons. The number of thioether (sulfide) groups is 1. The Morgan fingerprint density at radius 2 is 2.00 bits per heavy atom. The molecule has 0 radical (unpaired) electrons. The lowest BCUT2D eigenvalue weighted by atomic mass is 10.1. The average molecular weight is 520 g/mol. The molecule has 1 N–H and O–H groups in total. The number of hydrogen-bond acceptors (Lipinski definition) is 7. The van der Waals surface area contributed by atoms with Gasteiger partial charge in [0.25, 0.3) is 5.56 Å². The minimum Gasteiger partial charge on any atom is -0.478 e. The van der Waals surface area contributed by atoms with Gasteiger partial charge in [0.2, 0.25) is 5.91 Å². The molecule has 2 aromatic carbocycles. The van der Waals surface area contributed by atoms with Gasteiger partial charge in [0, 0.05) is 12.6 Å². The normalized spacial score (nSPS) is 16.9. The van der Waals surface area contributed by atoms with Crippen LogP contribution in [0.15, 0.2) is 52.4 Å². The molecule has 1 atom stereocenters. The molecule has 1 fully saturated rings. The Morgan fingerprint density at radius 3 is 2.63 bits per heavy atom. The molecule has 1 aromatic heterocycles. The van der Waals surface area contributed by atoms with Crippen molar-refractivity contribution in [3.05, 3.63) is 64.2 Å². The minimum absolute atomic E-state index is 0.0126. The lowest BCUT2D eigenvalue weighted by Gasteiger charge is -2.26. The van der Waals surface area contributed by atoms with Gasteiger partial charge in [0.05, 0.1) is 39.4 Å². The first kappa shape index (κ1) is 24.9. The standard InChI is InChI=1S/C23H22FN3O6S2/c1-2-26(15-9-10-35(32,33)13-15)20(28)12-34-23-25-18-11-14(22(30)31)7-8-16(18)21(29)27(23)19-6-4-3-5-17(19)24/h3-8,11,15H,2,9-10,12-13H2,1H3,(H,30,31)/t15-/m1/s1. The van der Waals surface area contributed by atoms with E-state index in [0.29, 0.717) is 13.0 Å². The van der Waals surface area contributed by atoms with Crippen LogP contribution in [0.25, 0.3) is 16.6 Å². The van der Waals surface area contributed by atoms with Crippen LogP contribution in [0.4, 0.5) is 4.39 Å². The van der Waals surface area contributed by atoms with Crippen molar-refractivity contribution in [2.75, 3.05) is 23.8 Å². The molecule has 0 aliphatic carbocycles. The van der Waals surface area contributed by atoms with Gasteiger partial charge < -0.3 is 10.0 Å². The van der Waals surface area contributed by atoms with Crippen molar-refractivity contribution in [1.29, 1.82) is 0 Å². The van der Waals surface area contributed by atoms with E-state index in [9.17, 15) is 32.3 Å². The number of halogens is 1. The number of aromatic carboxylic acids is 1. The molecule has 1 amide bonds. The van der Waals surface area contributed by atoms with Crippen molar-refractivity contribution < 1.29 is 27.5 Å². The monoisotopic (exact) mass is 519 g/mol. The van der Waals surface area contributed by atoms with E-state index < -0.39 is 33.2 Å².